The Labute approximate surface area is 197 Å². The average Bonchev–Trinajstić information content (AvgIpc) is 3.40. The summed E-state index contributed by atoms with van der Waals surface area (Å²) in [6, 6.07) is 41.8. The number of fused-ring (bicyclic) bond motifs is 2. The van der Waals surface area contributed by atoms with Gasteiger partial charge >= 0.3 is 0 Å². The van der Waals surface area contributed by atoms with Crippen molar-refractivity contribution in [1.82, 2.24) is 0 Å². The Kier molecular flexibility index (Phi) is 4.18. The van der Waals surface area contributed by atoms with Crippen LogP contribution in [0.15, 0.2) is 126 Å². The summed E-state index contributed by atoms with van der Waals surface area (Å²) in [5.41, 5.74) is 6.85. The molecule has 0 saturated carbocycles. The molecule has 0 bridgehead atoms. The van der Waals surface area contributed by atoms with Crippen molar-refractivity contribution < 1.29 is 9.15 Å². The standard InChI is InChI=1S/C32H20O2/c1-2-7-21(8-3-1)22-13-15-23(16-14-22)28-19-20-30(33-28)25-17-18-31-32-26(10-6-11-27(25)32)24-9-4-5-12-29(24)34-31/h1-20H. The highest BCUT2D eigenvalue weighted by molar-refractivity contribution is 6.09. The van der Waals surface area contributed by atoms with Gasteiger partial charge in [0, 0.05) is 22.1 Å². The fourth-order valence-electron chi connectivity index (χ4n) is 4.89. The van der Waals surface area contributed by atoms with Crippen LogP contribution in [0.2, 0.25) is 0 Å². The molecule has 2 heterocycles. The summed E-state index contributed by atoms with van der Waals surface area (Å²) in [5, 5.41) is 2.26. The third-order valence-corrected chi connectivity index (χ3v) is 6.55. The number of ether oxygens (including phenoxy) is 1. The van der Waals surface area contributed by atoms with Crippen molar-refractivity contribution in [2.24, 2.45) is 0 Å². The van der Waals surface area contributed by atoms with Gasteiger partial charge in [0.25, 0.3) is 0 Å². The molecule has 0 radical (unpaired) electrons. The molecule has 0 aliphatic carbocycles. The van der Waals surface area contributed by atoms with Crippen LogP contribution in [0.1, 0.15) is 0 Å². The zero-order valence-electron chi connectivity index (χ0n) is 18.4. The van der Waals surface area contributed by atoms with Gasteiger partial charge in [0.2, 0.25) is 0 Å². The van der Waals surface area contributed by atoms with E-state index in [2.05, 4.69) is 91.0 Å². The maximum Gasteiger partial charge on any atom is 0.135 e. The van der Waals surface area contributed by atoms with Gasteiger partial charge in [-0.25, -0.2) is 0 Å². The predicted octanol–water partition coefficient (Wildman–Crippen LogP) is 9.21. The lowest BCUT2D eigenvalue weighted by molar-refractivity contribution is 0.487. The number of hydrogen-bond donors (Lipinski definition) is 0. The second-order valence-electron chi connectivity index (χ2n) is 8.54. The van der Waals surface area contributed by atoms with Gasteiger partial charge in [-0.15, -0.1) is 0 Å². The van der Waals surface area contributed by atoms with Crippen LogP contribution < -0.4 is 4.74 Å². The van der Waals surface area contributed by atoms with E-state index in [0.717, 1.165) is 50.5 Å². The minimum atomic E-state index is 0.852. The van der Waals surface area contributed by atoms with Gasteiger partial charge in [0.15, 0.2) is 0 Å². The normalized spacial score (nSPS) is 11.8. The zero-order chi connectivity index (χ0) is 22.5. The lowest BCUT2D eigenvalue weighted by Gasteiger charge is -2.22. The van der Waals surface area contributed by atoms with Crippen molar-refractivity contribution in [3.8, 4) is 56.4 Å². The van der Waals surface area contributed by atoms with Crippen LogP contribution in [-0.4, -0.2) is 0 Å². The van der Waals surface area contributed by atoms with Crippen LogP contribution in [0.5, 0.6) is 11.5 Å². The van der Waals surface area contributed by atoms with E-state index in [9.17, 15) is 0 Å². The Bertz CT molecular complexity index is 1660. The molecule has 0 saturated heterocycles. The molecular weight excluding hydrogens is 416 g/mol. The molecule has 5 aromatic carbocycles. The fourth-order valence-corrected chi connectivity index (χ4v) is 4.89. The van der Waals surface area contributed by atoms with Crippen molar-refractivity contribution in [3.63, 3.8) is 0 Å². The molecule has 2 nitrogen and oxygen atoms in total. The van der Waals surface area contributed by atoms with Crippen LogP contribution in [0, 0.1) is 0 Å². The van der Waals surface area contributed by atoms with Gasteiger partial charge < -0.3 is 9.15 Å². The van der Waals surface area contributed by atoms with Crippen LogP contribution in [0.25, 0.3) is 55.7 Å². The molecular formula is C32H20O2. The smallest absolute Gasteiger partial charge is 0.135 e. The van der Waals surface area contributed by atoms with Crippen LogP contribution >= 0.6 is 0 Å². The molecule has 7 rings (SSSR count). The first-order valence-corrected chi connectivity index (χ1v) is 11.4. The third-order valence-electron chi connectivity index (χ3n) is 6.55. The van der Waals surface area contributed by atoms with Crippen LogP contribution in [0.3, 0.4) is 0 Å². The average molecular weight is 437 g/mol. The van der Waals surface area contributed by atoms with Crippen molar-refractivity contribution in [2.45, 2.75) is 0 Å². The summed E-state index contributed by atoms with van der Waals surface area (Å²) in [6.45, 7) is 0. The Morgan fingerprint density at radius 1 is 0.382 bits per heavy atom. The van der Waals surface area contributed by atoms with Crippen molar-refractivity contribution in [3.05, 3.63) is 121 Å². The quantitative estimate of drug-likeness (QED) is 0.275. The highest BCUT2D eigenvalue weighted by Gasteiger charge is 2.22. The first-order valence-electron chi connectivity index (χ1n) is 11.4. The Hall–Kier alpha value is -4.56. The summed E-state index contributed by atoms with van der Waals surface area (Å²) in [6.07, 6.45) is 0. The lowest BCUT2D eigenvalue weighted by Crippen LogP contribution is -1.97. The van der Waals surface area contributed by atoms with E-state index >= 15 is 0 Å². The Balaban J connectivity index is 1.30. The first kappa shape index (κ1) is 19.0. The van der Waals surface area contributed by atoms with E-state index < -0.39 is 0 Å². The molecule has 1 aromatic heterocycles. The summed E-state index contributed by atoms with van der Waals surface area (Å²) in [5.74, 6) is 3.49. The van der Waals surface area contributed by atoms with Gasteiger partial charge in [0.05, 0.1) is 0 Å². The highest BCUT2D eigenvalue weighted by atomic mass is 16.5. The van der Waals surface area contributed by atoms with Gasteiger partial charge in [-0.1, -0.05) is 91.0 Å². The third kappa shape index (κ3) is 2.96. The van der Waals surface area contributed by atoms with E-state index in [1.54, 1.807) is 0 Å². The minimum Gasteiger partial charge on any atom is -0.456 e. The molecule has 0 unspecified atom stereocenters. The topological polar surface area (TPSA) is 22.4 Å². The van der Waals surface area contributed by atoms with Crippen LogP contribution in [-0.2, 0) is 0 Å². The molecule has 0 atom stereocenters. The van der Waals surface area contributed by atoms with Gasteiger partial charge in [0.1, 0.15) is 23.0 Å². The van der Waals surface area contributed by atoms with Crippen molar-refractivity contribution in [2.75, 3.05) is 0 Å². The second-order valence-corrected chi connectivity index (χ2v) is 8.54. The van der Waals surface area contributed by atoms with E-state index in [1.165, 1.54) is 16.7 Å². The molecule has 0 amide bonds. The maximum absolute atomic E-state index is 6.37. The van der Waals surface area contributed by atoms with Crippen molar-refractivity contribution in [1.29, 1.82) is 0 Å². The Morgan fingerprint density at radius 3 is 1.97 bits per heavy atom. The summed E-state index contributed by atoms with van der Waals surface area (Å²) >= 11 is 0. The van der Waals surface area contributed by atoms with Gasteiger partial charge in [-0.2, -0.15) is 0 Å². The largest absolute Gasteiger partial charge is 0.456 e. The molecule has 0 fully saturated rings. The van der Waals surface area contributed by atoms with E-state index in [0.29, 0.717) is 0 Å². The van der Waals surface area contributed by atoms with E-state index in [4.69, 9.17) is 9.15 Å². The number of rotatable bonds is 3. The molecule has 1 aliphatic rings. The second kappa shape index (κ2) is 7.50. The predicted molar refractivity (Wildman–Crippen MR) is 138 cm³/mol. The lowest BCUT2D eigenvalue weighted by atomic mass is 9.92. The molecule has 34 heavy (non-hydrogen) atoms. The van der Waals surface area contributed by atoms with E-state index in [1.807, 2.05) is 30.3 Å². The van der Waals surface area contributed by atoms with Gasteiger partial charge in [-0.05, 0) is 52.4 Å². The molecule has 1 aliphatic heterocycles. The maximum atomic E-state index is 6.37. The number of para-hydroxylation sites is 1. The number of benzene rings is 5. The van der Waals surface area contributed by atoms with Crippen LogP contribution in [0.4, 0.5) is 0 Å². The first-order chi connectivity index (χ1) is 16.8. The summed E-state index contributed by atoms with van der Waals surface area (Å²) in [4.78, 5) is 0. The number of hydrogen-bond acceptors (Lipinski definition) is 2. The molecule has 6 aromatic rings. The fraction of sp³-hybridized carbons (Fsp3) is 0. The Morgan fingerprint density at radius 2 is 1.09 bits per heavy atom. The van der Waals surface area contributed by atoms with E-state index in [-0.39, 0.29) is 0 Å². The molecule has 0 spiro atoms. The minimum absolute atomic E-state index is 0.852. The number of furan rings is 1. The highest BCUT2D eigenvalue weighted by Crippen LogP contribution is 2.48. The zero-order valence-corrected chi connectivity index (χ0v) is 18.4. The molecule has 2 heteroatoms. The molecule has 0 N–H and O–H groups in total. The monoisotopic (exact) mass is 436 g/mol. The molecule has 160 valence electrons. The summed E-state index contributed by atoms with van der Waals surface area (Å²) in [7, 11) is 0. The SMILES string of the molecule is c1ccc(-c2ccc(-c3ccc(-c4ccc5c6c(cccc46)-c4ccccc4O5)o3)cc2)cc1. The summed E-state index contributed by atoms with van der Waals surface area (Å²) < 4.78 is 12.6. The van der Waals surface area contributed by atoms with Crippen molar-refractivity contribution >= 4 is 10.8 Å². The van der Waals surface area contributed by atoms with Gasteiger partial charge in [-0.3, -0.25) is 0 Å².